The van der Waals surface area contributed by atoms with Gasteiger partial charge in [0, 0.05) is 18.1 Å². The molecule has 0 aromatic heterocycles. The second kappa shape index (κ2) is 8.93. The molecule has 0 radical (unpaired) electrons. The number of benzene rings is 2. The number of alkyl halides is 3. The Morgan fingerprint density at radius 3 is 2.36 bits per heavy atom. The SMILES string of the molecule is CCN(CC(=O)NCc1ccc(Cl)cc1)S(=O)(=O)c1cccc(C(F)(F)F)c1. The minimum Gasteiger partial charge on any atom is -0.351 e. The third-order valence-corrected chi connectivity index (χ3v) is 6.04. The topological polar surface area (TPSA) is 66.5 Å². The molecule has 0 unspecified atom stereocenters. The second-order valence-electron chi connectivity index (χ2n) is 5.86. The Kier molecular flexibility index (Phi) is 7.08. The number of carbonyl (C=O) groups excluding carboxylic acids is 1. The van der Waals surface area contributed by atoms with Crippen LogP contribution in [0.15, 0.2) is 53.4 Å². The molecule has 1 amide bonds. The molecule has 0 saturated heterocycles. The lowest BCUT2D eigenvalue weighted by Gasteiger charge is -2.20. The fourth-order valence-corrected chi connectivity index (χ4v) is 3.95. The van der Waals surface area contributed by atoms with Gasteiger partial charge >= 0.3 is 6.18 Å². The zero-order chi connectivity index (χ0) is 20.9. The van der Waals surface area contributed by atoms with Gasteiger partial charge in [-0.3, -0.25) is 4.79 Å². The van der Waals surface area contributed by atoms with Crippen molar-refractivity contribution in [3.8, 4) is 0 Å². The maximum absolute atomic E-state index is 12.9. The predicted molar refractivity (Wildman–Crippen MR) is 99.2 cm³/mol. The van der Waals surface area contributed by atoms with Crippen molar-refractivity contribution in [1.29, 1.82) is 0 Å². The molecule has 0 saturated carbocycles. The summed E-state index contributed by atoms with van der Waals surface area (Å²) < 4.78 is 64.7. The summed E-state index contributed by atoms with van der Waals surface area (Å²) in [6.45, 7) is 1.07. The van der Waals surface area contributed by atoms with Crippen LogP contribution in [-0.4, -0.2) is 31.7 Å². The Morgan fingerprint density at radius 2 is 1.79 bits per heavy atom. The van der Waals surface area contributed by atoms with Gasteiger partial charge in [0.1, 0.15) is 0 Å². The van der Waals surface area contributed by atoms with Crippen LogP contribution in [-0.2, 0) is 27.5 Å². The van der Waals surface area contributed by atoms with Gasteiger partial charge in [-0.25, -0.2) is 8.42 Å². The van der Waals surface area contributed by atoms with Crippen LogP contribution in [0.2, 0.25) is 5.02 Å². The molecule has 0 bridgehead atoms. The normalized spacial score (nSPS) is 12.2. The van der Waals surface area contributed by atoms with E-state index in [1.54, 1.807) is 24.3 Å². The van der Waals surface area contributed by atoms with Gasteiger partial charge in [0.2, 0.25) is 15.9 Å². The van der Waals surface area contributed by atoms with Crippen LogP contribution in [0.4, 0.5) is 13.2 Å². The van der Waals surface area contributed by atoms with Gasteiger partial charge in [-0.05, 0) is 35.9 Å². The zero-order valence-corrected chi connectivity index (χ0v) is 16.4. The van der Waals surface area contributed by atoms with Crippen molar-refractivity contribution in [3.63, 3.8) is 0 Å². The third kappa shape index (κ3) is 5.70. The summed E-state index contributed by atoms with van der Waals surface area (Å²) in [6, 6.07) is 10.2. The first-order chi connectivity index (χ1) is 13.0. The quantitative estimate of drug-likeness (QED) is 0.722. The molecule has 0 spiro atoms. The van der Waals surface area contributed by atoms with E-state index < -0.39 is 39.1 Å². The summed E-state index contributed by atoms with van der Waals surface area (Å²) in [7, 11) is -4.26. The van der Waals surface area contributed by atoms with E-state index in [0.717, 1.165) is 28.1 Å². The summed E-state index contributed by atoms with van der Waals surface area (Å²) in [5.74, 6) is -0.577. The molecule has 2 aromatic carbocycles. The Balaban J connectivity index is 2.10. The number of nitrogens with zero attached hydrogens (tertiary/aromatic N) is 1. The zero-order valence-electron chi connectivity index (χ0n) is 14.8. The Hall–Kier alpha value is -2.10. The Bertz CT molecular complexity index is 932. The van der Waals surface area contributed by atoms with Gasteiger partial charge in [0.15, 0.2) is 0 Å². The van der Waals surface area contributed by atoms with E-state index in [9.17, 15) is 26.4 Å². The van der Waals surface area contributed by atoms with E-state index in [4.69, 9.17) is 11.6 Å². The van der Waals surface area contributed by atoms with Gasteiger partial charge in [-0.1, -0.05) is 36.7 Å². The number of sulfonamides is 1. The number of hydrogen-bond acceptors (Lipinski definition) is 3. The van der Waals surface area contributed by atoms with Crippen molar-refractivity contribution in [3.05, 3.63) is 64.7 Å². The highest BCUT2D eigenvalue weighted by atomic mass is 35.5. The van der Waals surface area contributed by atoms with Crippen molar-refractivity contribution < 1.29 is 26.4 Å². The van der Waals surface area contributed by atoms with Crippen LogP contribution < -0.4 is 5.32 Å². The van der Waals surface area contributed by atoms with Gasteiger partial charge in [-0.2, -0.15) is 17.5 Å². The maximum atomic E-state index is 12.9. The van der Waals surface area contributed by atoms with Gasteiger partial charge in [0.25, 0.3) is 0 Å². The van der Waals surface area contributed by atoms with E-state index in [1.165, 1.54) is 6.92 Å². The number of hydrogen-bond donors (Lipinski definition) is 1. The smallest absolute Gasteiger partial charge is 0.351 e. The molecular formula is C18H18ClF3N2O3S. The van der Waals surface area contributed by atoms with Crippen molar-refractivity contribution in [2.24, 2.45) is 0 Å². The minimum atomic E-state index is -4.67. The molecule has 0 aliphatic heterocycles. The van der Waals surface area contributed by atoms with E-state index >= 15 is 0 Å². The number of amides is 1. The van der Waals surface area contributed by atoms with E-state index in [-0.39, 0.29) is 13.1 Å². The number of nitrogens with one attached hydrogen (secondary N) is 1. The van der Waals surface area contributed by atoms with Gasteiger partial charge in [-0.15, -0.1) is 0 Å². The minimum absolute atomic E-state index is 0.0764. The van der Waals surface area contributed by atoms with E-state index in [1.807, 2.05) is 0 Å². The number of halogens is 4. The Morgan fingerprint density at radius 1 is 1.14 bits per heavy atom. The first-order valence-electron chi connectivity index (χ1n) is 8.22. The first kappa shape index (κ1) is 22.2. The average Bonchev–Trinajstić information content (AvgIpc) is 2.65. The van der Waals surface area contributed by atoms with Crippen LogP contribution >= 0.6 is 11.6 Å². The van der Waals surface area contributed by atoms with E-state index in [0.29, 0.717) is 11.1 Å². The monoisotopic (exact) mass is 434 g/mol. The van der Waals surface area contributed by atoms with Crippen LogP contribution in [0, 0.1) is 0 Å². The van der Waals surface area contributed by atoms with Crippen LogP contribution in [0.5, 0.6) is 0 Å². The molecule has 0 aliphatic rings. The van der Waals surface area contributed by atoms with Crippen molar-refractivity contribution in [2.75, 3.05) is 13.1 Å². The number of rotatable bonds is 7. The summed E-state index contributed by atoms with van der Waals surface area (Å²) >= 11 is 5.78. The largest absolute Gasteiger partial charge is 0.416 e. The highest BCUT2D eigenvalue weighted by molar-refractivity contribution is 7.89. The maximum Gasteiger partial charge on any atom is 0.416 e. The van der Waals surface area contributed by atoms with Crippen LogP contribution in [0.1, 0.15) is 18.1 Å². The van der Waals surface area contributed by atoms with Crippen LogP contribution in [0.25, 0.3) is 0 Å². The highest BCUT2D eigenvalue weighted by Crippen LogP contribution is 2.31. The Labute approximate surface area is 166 Å². The molecule has 0 aliphatic carbocycles. The van der Waals surface area contributed by atoms with Crippen molar-refractivity contribution in [1.82, 2.24) is 9.62 Å². The fourth-order valence-electron chi connectivity index (χ4n) is 2.37. The van der Waals surface area contributed by atoms with Crippen LogP contribution in [0.3, 0.4) is 0 Å². The molecule has 0 fully saturated rings. The lowest BCUT2D eigenvalue weighted by Crippen LogP contribution is -2.40. The second-order valence-corrected chi connectivity index (χ2v) is 8.23. The molecule has 10 heteroatoms. The van der Waals surface area contributed by atoms with Gasteiger partial charge in [0.05, 0.1) is 17.0 Å². The summed E-state index contributed by atoms with van der Waals surface area (Å²) in [4.78, 5) is 11.6. The van der Waals surface area contributed by atoms with E-state index in [2.05, 4.69) is 5.32 Å². The van der Waals surface area contributed by atoms with Gasteiger partial charge < -0.3 is 5.32 Å². The average molecular weight is 435 g/mol. The highest BCUT2D eigenvalue weighted by Gasteiger charge is 2.33. The number of likely N-dealkylation sites (N-methyl/N-ethyl adjacent to an activating group) is 1. The molecule has 152 valence electrons. The molecule has 2 rings (SSSR count). The molecule has 0 heterocycles. The summed E-state index contributed by atoms with van der Waals surface area (Å²) in [5.41, 5.74) is -0.307. The molecule has 1 N–H and O–H groups in total. The summed E-state index contributed by atoms with van der Waals surface area (Å²) in [5, 5.41) is 3.12. The number of carbonyl (C=O) groups is 1. The molecule has 2 aromatic rings. The fraction of sp³-hybridized carbons (Fsp3) is 0.278. The van der Waals surface area contributed by atoms with Crippen molar-refractivity contribution >= 4 is 27.5 Å². The predicted octanol–water partition coefficient (Wildman–Crippen LogP) is 3.69. The summed E-state index contributed by atoms with van der Waals surface area (Å²) in [6.07, 6.45) is -4.67. The third-order valence-electron chi connectivity index (χ3n) is 3.87. The van der Waals surface area contributed by atoms with Crippen molar-refractivity contribution in [2.45, 2.75) is 24.5 Å². The molecular weight excluding hydrogens is 417 g/mol. The first-order valence-corrected chi connectivity index (χ1v) is 10.0. The lowest BCUT2D eigenvalue weighted by molar-refractivity contribution is -0.137. The molecule has 28 heavy (non-hydrogen) atoms. The molecule has 0 atom stereocenters. The molecule has 5 nitrogen and oxygen atoms in total. The standard InChI is InChI=1S/C18H18ClF3N2O3S/c1-2-24(12-17(25)23-11-13-6-8-15(19)9-7-13)28(26,27)16-5-3-4-14(10-16)18(20,21)22/h3-10H,2,11-12H2,1H3,(H,23,25). The lowest BCUT2D eigenvalue weighted by atomic mass is 10.2.